The Labute approximate surface area is 130 Å². The highest BCUT2D eigenvalue weighted by molar-refractivity contribution is 6.30. The Kier molecular flexibility index (Phi) is 4.16. The first-order valence-electron chi connectivity index (χ1n) is 7.47. The van der Waals surface area contributed by atoms with E-state index in [0.717, 1.165) is 12.0 Å². The van der Waals surface area contributed by atoms with Crippen LogP contribution in [0.1, 0.15) is 42.5 Å². The van der Waals surface area contributed by atoms with Crippen molar-refractivity contribution in [2.45, 2.75) is 38.6 Å². The van der Waals surface area contributed by atoms with Crippen molar-refractivity contribution in [3.63, 3.8) is 0 Å². The van der Waals surface area contributed by atoms with Crippen LogP contribution in [0.2, 0.25) is 5.02 Å². The summed E-state index contributed by atoms with van der Waals surface area (Å²) in [6.07, 6.45) is 4.83. The molecule has 1 unspecified atom stereocenters. The predicted molar refractivity (Wildman–Crippen MR) is 86.5 cm³/mol. The van der Waals surface area contributed by atoms with E-state index in [4.69, 9.17) is 11.6 Å². The first kappa shape index (κ1) is 14.4. The Hall–Kier alpha value is -1.54. The first-order valence-corrected chi connectivity index (χ1v) is 7.85. The van der Waals surface area contributed by atoms with Gasteiger partial charge in [-0.25, -0.2) is 4.39 Å². The van der Waals surface area contributed by atoms with Gasteiger partial charge in [-0.15, -0.1) is 0 Å². The summed E-state index contributed by atoms with van der Waals surface area (Å²) in [7, 11) is 0. The van der Waals surface area contributed by atoms with E-state index in [0.29, 0.717) is 0 Å². The van der Waals surface area contributed by atoms with Crippen molar-refractivity contribution in [2.75, 3.05) is 5.32 Å². The first-order chi connectivity index (χ1) is 10.1. The second-order valence-corrected chi connectivity index (χ2v) is 6.10. The summed E-state index contributed by atoms with van der Waals surface area (Å²) in [5.74, 6) is -0.371. The van der Waals surface area contributed by atoms with Crippen LogP contribution in [-0.4, -0.2) is 0 Å². The predicted octanol–water partition coefficient (Wildman–Crippen LogP) is 5.53. The third-order valence-electron chi connectivity index (χ3n) is 4.21. The average Bonchev–Trinajstić information content (AvgIpc) is 2.50. The van der Waals surface area contributed by atoms with Crippen LogP contribution in [0.4, 0.5) is 10.1 Å². The number of hydrogen-bond acceptors (Lipinski definition) is 1. The maximum Gasteiger partial charge on any atom is 0.141 e. The molecule has 1 atom stereocenters. The Morgan fingerprint density at radius 1 is 1.14 bits per heavy atom. The lowest BCUT2D eigenvalue weighted by Gasteiger charge is -2.23. The van der Waals surface area contributed by atoms with E-state index in [1.54, 1.807) is 12.1 Å². The molecule has 0 spiro atoms. The largest absolute Gasteiger partial charge is 0.378 e. The number of benzene rings is 2. The van der Waals surface area contributed by atoms with Gasteiger partial charge in [0.2, 0.25) is 0 Å². The van der Waals surface area contributed by atoms with Crippen LogP contribution < -0.4 is 5.32 Å². The van der Waals surface area contributed by atoms with E-state index in [1.165, 1.54) is 42.1 Å². The summed E-state index contributed by atoms with van der Waals surface area (Å²) in [5, 5.41) is 3.73. The molecule has 0 aliphatic heterocycles. The van der Waals surface area contributed by atoms with Gasteiger partial charge in [-0.05, 0) is 67.5 Å². The van der Waals surface area contributed by atoms with Crippen LogP contribution in [0.3, 0.4) is 0 Å². The van der Waals surface area contributed by atoms with E-state index < -0.39 is 0 Å². The lowest BCUT2D eigenvalue weighted by molar-refractivity contribution is 0.627. The highest BCUT2D eigenvalue weighted by Crippen LogP contribution is 2.31. The van der Waals surface area contributed by atoms with Gasteiger partial charge in [0.1, 0.15) is 5.82 Å². The summed E-state index contributed by atoms with van der Waals surface area (Å²) in [4.78, 5) is 0. The van der Waals surface area contributed by atoms with Crippen molar-refractivity contribution in [1.82, 2.24) is 0 Å². The maximum absolute atomic E-state index is 13.3. The van der Waals surface area contributed by atoms with Crippen LogP contribution in [-0.2, 0) is 12.8 Å². The molecule has 1 N–H and O–H groups in total. The van der Waals surface area contributed by atoms with Gasteiger partial charge < -0.3 is 5.32 Å². The van der Waals surface area contributed by atoms with Crippen molar-refractivity contribution in [3.05, 3.63) is 63.9 Å². The molecule has 0 bridgehead atoms. The van der Waals surface area contributed by atoms with Gasteiger partial charge in [-0.3, -0.25) is 0 Å². The third-order valence-corrected chi connectivity index (χ3v) is 4.50. The number of fused-ring (bicyclic) bond motifs is 1. The molecule has 1 aliphatic carbocycles. The molecule has 0 saturated carbocycles. The number of halogens is 2. The second kappa shape index (κ2) is 6.07. The standard InChI is InChI=1S/C18H19ClFN/c1-12(14-9-10-17(20)16(19)11-14)21-18-8-4-6-13-5-2-3-7-15(13)18/h4,6,8-12,21H,2-3,5,7H2,1H3. The molecule has 0 saturated heterocycles. The van der Waals surface area contributed by atoms with Gasteiger partial charge in [0.25, 0.3) is 0 Å². The van der Waals surface area contributed by atoms with E-state index in [-0.39, 0.29) is 16.9 Å². The van der Waals surface area contributed by atoms with Crippen LogP contribution in [0.15, 0.2) is 36.4 Å². The number of nitrogens with one attached hydrogen (secondary N) is 1. The molecule has 3 rings (SSSR count). The summed E-state index contributed by atoms with van der Waals surface area (Å²) >= 11 is 5.87. The molecule has 0 radical (unpaired) electrons. The highest BCUT2D eigenvalue weighted by atomic mass is 35.5. The van der Waals surface area contributed by atoms with Gasteiger partial charge in [-0.1, -0.05) is 29.8 Å². The molecule has 0 fully saturated rings. The molecule has 0 heterocycles. The molecular formula is C18H19ClFN. The molecule has 2 aromatic rings. The fraction of sp³-hybridized carbons (Fsp3) is 0.333. The highest BCUT2D eigenvalue weighted by Gasteiger charge is 2.15. The molecule has 0 aromatic heterocycles. The molecule has 2 aromatic carbocycles. The number of hydrogen-bond donors (Lipinski definition) is 1. The third kappa shape index (κ3) is 3.06. The Morgan fingerprint density at radius 2 is 1.95 bits per heavy atom. The molecule has 3 heteroatoms. The minimum Gasteiger partial charge on any atom is -0.378 e. The fourth-order valence-corrected chi connectivity index (χ4v) is 3.20. The minimum atomic E-state index is -0.371. The van der Waals surface area contributed by atoms with Gasteiger partial charge in [0.15, 0.2) is 0 Å². The van der Waals surface area contributed by atoms with Crippen molar-refractivity contribution >= 4 is 17.3 Å². The quantitative estimate of drug-likeness (QED) is 0.786. The van der Waals surface area contributed by atoms with Crippen LogP contribution >= 0.6 is 11.6 Å². The van der Waals surface area contributed by atoms with E-state index in [2.05, 4.69) is 30.4 Å². The van der Waals surface area contributed by atoms with Crippen molar-refractivity contribution in [1.29, 1.82) is 0 Å². The molecule has 1 nitrogen and oxygen atoms in total. The normalized spacial score (nSPS) is 15.4. The molecule has 0 amide bonds. The summed E-state index contributed by atoms with van der Waals surface area (Å²) < 4.78 is 13.3. The number of rotatable bonds is 3. The topological polar surface area (TPSA) is 12.0 Å². The summed E-state index contributed by atoms with van der Waals surface area (Å²) in [6, 6.07) is 11.5. The van der Waals surface area contributed by atoms with E-state index >= 15 is 0 Å². The van der Waals surface area contributed by atoms with Crippen LogP contribution in [0.5, 0.6) is 0 Å². The second-order valence-electron chi connectivity index (χ2n) is 5.69. The minimum absolute atomic E-state index is 0.0940. The fourth-order valence-electron chi connectivity index (χ4n) is 3.01. The smallest absolute Gasteiger partial charge is 0.141 e. The monoisotopic (exact) mass is 303 g/mol. The van der Waals surface area contributed by atoms with E-state index in [1.807, 2.05) is 0 Å². The molecule has 1 aliphatic rings. The molecule has 110 valence electrons. The lowest BCUT2D eigenvalue weighted by Crippen LogP contribution is -2.12. The molecule has 21 heavy (non-hydrogen) atoms. The van der Waals surface area contributed by atoms with Crippen LogP contribution in [0, 0.1) is 5.82 Å². The van der Waals surface area contributed by atoms with Gasteiger partial charge in [-0.2, -0.15) is 0 Å². The zero-order chi connectivity index (χ0) is 14.8. The maximum atomic E-state index is 13.3. The van der Waals surface area contributed by atoms with Gasteiger partial charge in [0.05, 0.1) is 5.02 Å². The van der Waals surface area contributed by atoms with Crippen molar-refractivity contribution < 1.29 is 4.39 Å². The Morgan fingerprint density at radius 3 is 2.76 bits per heavy atom. The Balaban J connectivity index is 1.84. The van der Waals surface area contributed by atoms with Crippen LogP contribution in [0.25, 0.3) is 0 Å². The van der Waals surface area contributed by atoms with E-state index in [9.17, 15) is 4.39 Å². The summed E-state index contributed by atoms with van der Waals surface area (Å²) in [5.41, 5.74) is 5.08. The van der Waals surface area contributed by atoms with Crippen molar-refractivity contribution in [2.24, 2.45) is 0 Å². The Bertz CT molecular complexity index is 654. The summed E-state index contributed by atoms with van der Waals surface area (Å²) in [6.45, 7) is 2.08. The molecular weight excluding hydrogens is 285 g/mol. The number of anilines is 1. The zero-order valence-corrected chi connectivity index (χ0v) is 12.9. The number of aryl methyl sites for hydroxylation is 1. The average molecular weight is 304 g/mol. The van der Waals surface area contributed by atoms with Gasteiger partial charge >= 0.3 is 0 Å². The van der Waals surface area contributed by atoms with Crippen molar-refractivity contribution in [3.8, 4) is 0 Å². The van der Waals surface area contributed by atoms with Gasteiger partial charge in [0, 0.05) is 11.7 Å². The zero-order valence-electron chi connectivity index (χ0n) is 12.1. The lowest BCUT2D eigenvalue weighted by atomic mass is 9.90. The SMILES string of the molecule is CC(Nc1cccc2c1CCCC2)c1ccc(F)c(Cl)c1.